The average molecular weight is 406 g/mol. The zero-order valence-corrected chi connectivity index (χ0v) is 17.8. The molecule has 0 aromatic heterocycles. The van der Waals surface area contributed by atoms with Gasteiger partial charge in [-0.1, -0.05) is 38.5 Å². The highest BCUT2D eigenvalue weighted by molar-refractivity contribution is 6.38. The summed E-state index contributed by atoms with van der Waals surface area (Å²) in [6.45, 7) is 1.64. The van der Waals surface area contributed by atoms with Crippen LogP contribution in [0.15, 0.2) is 5.10 Å². The van der Waals surface area contributed by atoms with E-state index in [-0.39, 0.29) is 17.7 Å². The molecule has 0 spiro atoms. The Morgan fingerprint density at radius 3 is 2.03 bits per heavy atom. The van der Waals surface area contributed by atoms with Gasteiger partial charge in [0.25, 0.3) is 0 Å². The third-order valence-corrected chi connectivity index (χ3v) is 6.61. The zero-order chi connectivity index (χ0) is 20.8. The van der Waals surface area contributed by atoms with Crippen LogP contribution in [0.5, 0.6) is 0 Å². The van der Waals surface area contributed by atoms with Crippen LogP contribution in [0.1, 0.15) is 64.2 Å². The van der Waals surface area contributed by atoms with Gasteiger partial charge in [-0.25, -0.2) is 5.43 Å². The normalized spacial score (nSPS) is 22.3. The summed E-state index contributed by atoms with van der Waals surface area (Å²) in [5, 5.41) is 7.10. The Morgan fingerprint density at radius 2 is 1.45 bits per heavy atom. The third kappa shape index (κ3) is 5.48. The molecule has 1 unspecified atom stereocenters. The van der Waals surface area contributed by atoms with Gasteiger partial charge in [0.1, 0.15) is 6.04 Å². The van der Waals surface area contributed by atoms with Crippen molar-refractivity contribution in [2.24, 2.45) is 16.9 Å². The minimum absolute atomic E-state index is 0.0269. The van der Waals surface area contributed by atoms with Crippen LogP contribution in [0, 0.1) is 11.8 Å². The lowest BCUT2D eigenvalue weighted by Crippen LogP contribution is -2.52. The number of Topliss-reactive ketones (excluding diaryl/α,β-unsaturated/α-hetero) is 1. The molecule has 1 saturated heterocycles. The van der Waals surface area contributed by atoms with Crippen LogP contribution in [-0.2, 0) is 14.4 Å². The molecule has 2 saturated carbocycles. The van der Waals surface area contributed by atoms with Crippen molar-refractivity contribution in [3.8, 4) is 0 Å². The molecule has 2 N–H and O–H groups in total. The minimum Gasteiger partial charge on any atom is -0.345 e. The molecule has 8 heteroatoms. The molecule has 0 aromatic carbocycles. The SMILES string of the molecule is CN1CCN(C)C1=NNC(=O)C(=O)C(NC(=O)C1CCCCC1)C1CCCCC1. The summed E-state index contributed by atoms with van der Waals surface area (Å²) in [6, 6.07) is -0.746. The summed E-state index contributed by atoms with van der Waals surface area (Å²) in [5.41, 5.74) is 2.42. The summed E-state index contributed by atoms with van der Waals surface area (Å²) in [7, 11) is 3.79. The second-order valence-electron chi connectivity index (χ2n) is 8.78. The highest BCUT2D eigenvalue weighted by Gasteiger charge is 2.36. The van der Waals surface area contributed by atoms with E-state index in [1.165, 1.54) is 6.42 Å². The van der Waals surface area contributed by atoms with Crippen LogP contribution in [-0.4, -0.2) is 66.6 Å². The van der Waals surface area contributed by atoms with Crippen LogP contribution in [0.25, 0.3) is 0 Å². The van der Waals surface area contributed by atoms with E-state index in [1.54, 1.807) is 0 Å². The second kappa shape index (κ2) is 10.1. The van der Waals surface area contributed by atoms with Gasteiger partial charge in [-0.2, -0.15) is 0 Å². The van der Waals surface area contributed by atoms with Crippen molar-refractivity contribution in [1.29, 1.82) is 0 Å². The molecule has 3 aliphatic rings. The van der Waals surface area contributed by atoms with E-state index in [2.05, 4.69) is 15.8 Å². The number of carbonyl (C=O) groups excluding carboxylic acids is 3. The molecule has 2 amide bonds. The molecule has 8 nitrogen and oxygen atoms in total. The van der Waals surface area contributed by atoms with Crippen molar-refractivity contribution < 1.29 is 14.4 Å². The fourth-order valence-corrected chi connectivity index (χ4v) is 4.76. The first kappa shape index (κ1) is 21.6. The molecule has 3 fully saturated rings. The molecule has 1 aliphatic heterocycles. The Kier molecular flexibility index (Phi) is 7.50. The Morgan fingerprint density at radius 1 is 0.897 bits per heavy atom. The monoisotopic (exact) mass is 405 g/mol. The summed E-state index contributed by atoms with van der Waals surface area (Å²) in [5.74, 6) is -0.764. The molecule has 3 rings (SSSR count). The maximum Gasteiger partial charge on any atom is 0.309 e. The predicted molar refractivity (Wildman–Crippen MR) is 111 cm³/mol. The first-order valence-corrected chi connectivity index (χ1v) is 11.1. The lowest BCUT2D eigenvalue weighted by Gasteiger charge is -2.31. The number of hydrogen-bond donors (Lipinski definition) is 2. The Bertz CT molecular complexity index is 626. The largest absolute Gasteiger partial charge is 0.345 e. The molecule has 2 aliphatic carbocycles. The Hall–Kier alpha value is -2.12. The van der Waals surface area contributed by atoms with Crippen molar-refractivity contribution in [3.63, 3.8) is 0 Å². The van der Waals surface area contributed by atoms with E-state index >= 15 is 0 Å². The van der Waals surface area contributed by atoms with Crippen molar-refractivity contribution in [2.45, 2.75) is 70.3 Å². The zero-order valence-electron chi connectivity index (χ0n) is 17.8. The predicted octanol–water partition coefficient (Wildman–Crippen LogP) is 1.47. The van der Waals surface area contributed by atoms with E-state index in [0.717, 1.165) is 70.9 Å². The highest BCUT2D eigenvalue weighted by atomic mass is 16.2. The van der Waals surface area contributed by atoms with E-state index < -0.39 is 17.7 Å². The number of nitrogens with zero attached hydrogens (tertiary/aromatic N) is 3. The second-order valence-corrected chi connectivity index (χ2v) is 8.78. The summed E-state index contributed by atoms with van der Waals surface area (Å²) in [4.78, 5) is 42.2. The fraction of sp³-hybridized carbons (Fsp3) is 0.810. The van der Waals surface area contributed by atoms with Gasteiger partial charge in [-0.15, -0.1) is 5.10 Å². The van der Waals surface area contributed by atoms with Gasteiger partial charge in [0, 0.05) is 33.1 Å². The summed E-state index contributed by atoms with van der Waals surface area (Å²) < 4.78 is 0. The van der Waals surface area contributed by atoms with Crippen molar-refractivity contribution in [3.05, 3.63) is 0 Å². The molecule has 0 bridgehead atoms. The number of rotatable bonds is 6. The van der Waals surface area contributed by atoms with Gasteiger partial charge >= 0.3 is 5.91 Å². The Balaban J connectivity index is 1.66. The molecule has 1 atom stereocenters. The van der Waals surface area contributed by atoms with Crippen LogP contribution < -0.4 is 10.7 Å². The lowest BCUT2D eigenvalue weighted by atomic mass is 9.81. The molecule has 29 heavy (non-hydrogen) atoms. The number of hydrazone groups is 1. The molecular weight excluding hydrogens is 370 g/mol. The third-order valence-electron chi connectivity index (χ3n) is 6.61. The van der Waals surface area contributed by atoms with Gasteiger partial charge in [-0.05, 0) is 31.6 Å². The minimum atomic E-state index is -0.746. The number of ketones is 1. The van der Waals surface area contributed by atoms with Gasteiger partial charge in [0.2, 0.25) is 17.6 Å². The molecular formula is C21H35N5O3. The highest BCUT2D eigenvalue weighted by Crippen LogP contribution is 2.28. The van der Waals surface area contributed by atoms with Crippen LogP contribution in [0.4, 0.5) is 0 Å². The van der Waals surface area contributed by atoms with E-state index in [9.17, 15) is 14.4 Å². The quantitative estimate of drug-likeness (QED) is 0.515. The fourth-order valence-electron chi connectivity index (χ4n) is 4.76. The maximum atomic E-state index is 13.0. The Labute approximate surface area is 173 Å². The van der Waals surface area contributed by atoms with Gasteiger partial charge in [0.15, 0.2) is 0 Å². The van der Waals surface area contributed by atoms with Gasteiger partial charge in [-0.3, -0.25) is 14.4 Å². The number of carbonyl (C=O) groups is 3. The van der Waals surface area contributed by atoms with Crippen LogP contribution >= 0.6 is 0 Å². The lowest BCUT2D eigenvalue weighted by molar-refractivity contribution is -0.141. The first-order valence-electron chi connectivity index (χ1n) is 11.1. The number of guanidine groups is 1. The van der Waals surface area contributed by atoms with E-state index in [4.69, 9.17) is 0 Å². The first-order chi connectivity index (χ1) is 14.0. The number of likely N-dealkylation sites (N-methyl/N-ethyl adjacent to an activating group) is 2. The topological polar surface area (TPSA) is 94.1 Å². The number of amides is 2. The average Bonchev–Trinajstić information content (AvgIpc) is 3.08. The molecule has 0 radical (unpaired) electrons. The smallest absolute Gasteiger partial charge is 0.309 e. The number of nitrogens with one attached hydrogen (secondary N) is 2. The van der Waals surface area contributed by atoms with Crippen molar-refractivity contribution in [1.82, 2.24) is 20.5 Å². The van der Waals surface area contributed by atoms with Gasteiger partial charge < -0.3 is 15.1 Å². The maximum absolute atomic E-state index is 13.0. The van der Waals surface area contributed by atoms with Crippen molar-refractivity contribution in [2.75, 3.05) is 27.2 Å². The summed E-state index contributed by atoms with van der Waals surface area (Å²) >= 11 is 0. The van der Waals surface area contributed by atoms with Crippen molar-refractivity contribution >= 4 is 23.6 Å². The molecule has 162 valence electrons. The van der Waals surface area contributed by atoms with E-state index in [1.807, 2.05) is 23.9 Å². The van der Waals surface area contributed by atoms with Crippen LogP contribution in [0.2, 0.25) is 0 Å². The molecule has 1 heterocycles. The van der Waals surface area contributed by atoms with E-state index in [0.29, 0.717) is 5.96 Å². The van der Waals surface area contributed by atoms with Crippen LogP contribution in [0.3, 0.4) is 0 Å². The summed E-state index contributed by atoms with van der Waals surface area (Å²) in [6.07, 6.45) is 9.97. The number of hydrogen-bond acceptors (Lipinski definition) is 4. The molecule has 0 aromatic rings. The standard InChI is InChI=1S/C21H35N5O3/c1-25-13-14-26(2)21(25)24-23-20(29)18(27)17(15-9-5-3-6-10-15)22-19(28)16-11-7-4-8-12-16/h15-17H,3-14H2,1-2H3,(H,22,28)(H,23,29). The van der Waals surface area contributed by atoms with Gasteiger partial charge in [0.05, 0.1) is 0 Å².